The predicted molar refractivity (Wildman–Crippen MR) is 75.3 cm³/mol. The van der Waals surface area contributed by atoms with Crippen LogP contribution in [0.5, 0.6) is 0 Å². The number of carbonyl (C=O) groups is 1. The summed E-state index contributed by atoms with van der Waals surface area (Å²) in [6.45, 7) is 4.25. The number of hydrogen-bond donors (Lipinski definition) is 2. The summed E-state index contributed by atoms with van der Waals surface area (Å²) in [5.41, 5.74) is 7.14. The molecule has 0 spiro atoms. The molecule has 19 heavy (non-hydrogen) atoms. The van der Waals surface area contributed by atoms with Gasteiger partial charge in [0.05, 0.1) is 11.3 Å². The fourth-order valence-corrected chi connectivity index (χ4v) is 2.80. The molecule has 1 atom stereocenters. The SMILES string of the molecule is CC1(C)CCCC1C(=O)Nc1ccc(N)cc1C#N. The highest BCUT2D eigenvalue weighted by Gasteiger charge is 2.39. The molecule has 0 aliphatic heterocycles. The van der Waals surface area contributed by atoms with Crippen molar-refractivity contribution in [3.63, 3.8) is 0 Å². The standard InChI is InChI=1S/C15H19N3O/c1-15(2)7-3-4-12(15)14(19)18-13-6-5-11(17)8-10(13)9-16/h5-6,8,12H,3-4,7,17H2,1-2H3,(H,18,19). The molecule has 1 fully saturated rings. The van der Waals surface area contributed by atoms with E-state index in [1.807, 2.05) is 0 Å². The molecule has 0 bridgehead atoms. The van der Waals surface area contributed by atoms with Crippen LogP contribution < -0.4 is 11.1 Å². The quantitative estimate of drug-likeness (QED) is 0.799. The van der Waals surface area contributed by atoms with Crippen molar-refractivity contribution in [2.24, 2.45) is 11.3 Å². The summed E-state index contributed by atoms with van der Waals surface area (Å²) in [5.74, 6) is 0.0142. The fourth-order valence-electron chi connectivity index (χ4n) is 2.80. The van der Waals surface area contributed by atoms with Crippen molar-refractivity contribution >= 4 is 17.3 Å². The monoisotopic (exact) mass is 257 g/mol. The van der Waals surface area contributed by atoms with Crippen LogP contribution in [0.3, 0.4) is 0 Å². The van der Waals surface area contributed by atoms with Crippen molar-refractivity contribution in [1.82, 2.24) is 0 Å². The van der Waals surface area contributed by atoms with E-state index < -0.39 is 0 Å². The number of anilines is 2. The van der Waals surface area contributed by atoms with Gasteiger partial charge in [0.2, 0.25) is 5.91 Å². The lowest BCUT2D eigenvalue weighted by molar-refractivity contribution is -0.122. The third-order valence-electron chi connectivity index (χ3n) is 4.00. The molecule has 1 amide bonds. The Kier molecular flexibility index (Phi) is 3.48. The molecule has 100 valence electrons. The van der Waals surface area contributed by atoms with Gasteiger partial charge in [-0.2, -0.15) is 5.26 Å². The largest absolute Gasteiger partial charge is 0.399 e. The van der Waals surface area contributed by atoms with Gasteiger partial charge in [-0.05, 0) is 36.5 Å². The van der Waals surface area contributed by atoms with Gasteiger partial charge in [0.15, 0.2) is 0 Å². The molecule has 0 radical (unpaired) electrons. The third-order valence-corrected chi connectivity index (χ3v) is 4.00. The van der Waals surface area contributed by atoms with Gasteiger partial charge in [0, 0.05) is 11.6 Å². The zero-order valence-electron chi connectivity index (χ0n) is 11.4. The topological polar surface area (TPSA) is 78.9 Å². The van der Waals surface area contributed by atoms with Crippen LogP contribution >= 0.6 is 0 Å². The minimum atomic E-state index is 0.00349. The molecule has 1 unspecified atom stereocenters. The molecule has 2 rings (SSSR count). The lowest BCUT2D eigenvalue weighted by Gasteiger charge is -2.26. The summed E-state index contributed by atoms with van der Waals surface area (Å²) in [7, 11) is 0. The molecule has 0 aromatic heterocycles. The summed E-state index contributed by atoms with van der Waals surface area (Å²) in [5, 5.41) is 11.9. The molecular weight excluding hydrogens is 238 g/mol. The van der Waals surface area contributed by atoms with Crippen LogP contribution in [-0.2, 0) is 4.79 Å². The Balaban J connectivity index is 2.18. The third kappa shape index (κ3) is 2.70. The first-order valence-electron chi connectivity index (χ1n) is 6.54. The first-order valence-corrected chi connectivity index (χ1v) is 6.54. The van der Waals surface area contributed by atoms with Gasteiger partial charge < -0.3 is 11.1 Å². The van der Waals surface area contributed by atoms with Crippen molar-refractivity contribution in [2.75, 3.05) is 11.1 Å². The van der Waals surface area contributed by atoms with Crippen LogP contribution in [0.1, 0.15) is 38.7 Å². The minimum absolute atomic E-state index is 0.00349. The molecular formula is C15H19N3O. The van der Waals surface area contributed by atoms with Crippen LogP contribution in [0.15, 0.2) is 18.2 Å². The Hall–Kier alpha value is -2.02. The number of nitrogens with one attached hydrogen (secondary N) is 1. The van der Waals surface area contributed by atoms with E-state index in [2.05, 4.69) is 25.2 Å². The number of benzene rings is 1. The molecule has 1 aromatic carbocycles. The van der Waals surface area contributed by atoms with Crippen molar-refractivity contribution in [2.45, 2.75) is 33.1 Å². The maximum atomic E-state index is 12.3. The van der Waals surface area contributed by atoms with E-state index in [1.54, 1.807) is 18.2 Å². The Morgan fingerprint density at radius 1 is 1.53 bits per heavy atom. The lowest BCUT2D eigenvalue weighted by Crippen LogP contribution is -2.31. The predicted octanol–water partition coefficient (Wildman–Crippen LogP) is 2.91. The molecule has 0 saturated heterocycles. The molecule has 4 heteroatoms. The Labute approximate surface area is 113 Å². The van der Waals surface area contributed by atoms with Gasteiger partial charge in [-0.1, -0.05) is 20.3 Å². The van der Waals surface area contributed by atoms with Gasteiger partial charge >= 0.3 is 0 Å². The summed E-state index contributed by atoms with van der Waals surface area (Å²) in [6.07, 6.45) is 3.06. The Bertz CT molecular complexity index is 543. The number of rotatable bonds is 2. The average molecular weight is 257 g/mol. The minimum Gasteiger partial charge on any atom is -0.399 e. The maximum Gasteiger partial charge on any atom is 0.228 e. The van der Waals surface area contributed by atoms with Gasteiger partial charge in [-0.25, -0.2) is 0 Å². The fraction of sp³-hybridized carbons (Fsp3) is 0.467. The van der Waals surface area contributed by atoms with E-state index in [4.69, 9.17) is 11.0 Å². The second kappa shape index (κ2) is 4.93. The van der Waals surface area contributed by atoms with Crippen LogP contribution in [0.4, 0.5) is 11.4 Å². The first-order chi connectivity index (χ1) is 8.94. The van der Waals surface area contributed by atoms with Gasteiger partial charge in [0.1, 0.15) is 6.07 Å². The van der Waals surface area contributed by atoms with E-state index >= 15 is 0 Å². The molecule has 1 aliphatic rings. The number of nitrogens with two attached hydrogens (primary N) is 1. The van der Waals surface area contributed by atoms with Crippen LogP contribution in [0.25, 0.3) is 0 Å². The first kappa shape index (κ1) is 13.4. The van der Waals surface area contributed by atoms with Crippen LogP contribution in [-0.4, -0.2) is 5.91 Å². The van der Waals surface area contributed by atoms with Crippen molar-refractivity contribution in [3.05, 3.63) is 23.8 Å². The summed E-state index contributed by atoms with van der Waals surface area (Å²) in [4.78, 5) is 12.3. The lowest BCUT2D eigenvalue weighted by atomic mass is 9.81. The summed E-state index contributed by atoms with van der Waals surface area (Å²) in [6, 6.07) is 7.02. The summed E-state index contributed by atoms with van der Waals surface area (Å²) >= 11 is 0. The number of nitrogens with zero attached hydrogens (tertiary/aromatic N) is 1. The molecule has 1 aliphatic carbocycles. The van der Waals surface area contributed by atoms with Gasteiger partial charge in [-0.3, -0.25) is 4.79 Å². The molecule has 3 N–H and O–H groups in total. The molecule has 1 saturated carbocycles. The molecule has 4 nitrogen and oxygen atoms in total. The van der Waals surface area contributed by atoms with E-state index in [9.17, 15) is 4.79 Å². The molecule has 1 aromatic rings. The summed E-state index contributed by atoms with van der Waals surface area (Å²) < 4.78 is 0. The van der Waals surface area contributed by atoms with Crippen molar-refractivity contribution < 1.29 is 4.79 Å². The van der Waals surface area contributed by atoms with E-state index in [1.165, 1.54) is 0 Å². The number of carbonyl (C=O) groups excluding carboxylic acids is 1. The number of nitriles is 1. The Morgan fingerprint density at radius 3 is 2.84 bits per heavy atom. The van der Waals surface area contributed by atoms with E-state index in [0.717, 1.165) is 19.3 Å². The van der Waals surface area contributed by atoms with Crippen molar-refractivity contribution in [1.29, 1.82) is 5.26 Å². The highest BCUT2D eigenvalue weighted by molar-refractivity contribution is 5.94. The van der Waals surface area contributed by atoms with Gasteiger partial charge in [-0.15, -0.1) is 0 Å². The van der Waals surface area contributed by atoms with Crippen LogP contribution in [0, 0.1) is 22.7 Å². The zero-order valence-corrected chi connectivity index (χ0v) is 11.4. The number of nitrogen functional groups attached to an aromatic ring is 1. The molecule has 0 heterocycles. The maximum absolute atomic E-state index is 12.3. The average Bonchev–Trinajstić information content (AvgIpc) is 2.71. The van der Waals surface area contributed by atoms with Crippen LogP contribution in [0.2, 0.25) is 0 Å². The van der Waals surface area contributed by atoms with Crippen molar-refractivity contribution in [3.8, 4) is 6.07 Å². The smallest absolute Gasteiger partial charge is 0.228 e. The van der Waals surface area contributed by atoms with E-state index in [0.29, 0.717) is 16.9 Å². The second-order valence-corrected chi connectivity index (χ2v) is 5.84. The highest BCUT2D eigenvalue weighted by Crippen LogP contribution is 2.43. The zero-order chi connectivity index (χ0) is 14.0. The van der Waals surface area contributed by atoms with E-state index in [-0.39, 0.29) is 17.2 Å². The normalized spacial score (nSPS) is 20.8. The highest BCUT2D eigenvalue weighted by atomic mass is 16.1. The number of hydrogen-bond acceptors (Lipinski definition) is 3. The Morgan fingerprint density at radius 2 is 2.26 bits per heavy atom. The number of amides is 1. The second-order valence-electron chi connectivity index (χ2n) is 5.84. The van der Waals surface area contributed by atoms with Gasteiger partial charge in [0.25, 0.3) is 0 Å².